The van der Waals surface area contributed by atoms with Crippen LogP contribution in [0, 0.1) is 11.6 Å². The fourth-order valence-electron chi connectivity index (χ4n) is 3.19. The molecule has 1 heterocycles. The molecule has 118 valence electrons. The fraction of sp³-hybridized carbons (Fsp3) is 0.625. The second-order valence-corrected chi connectivity index (χ2v) is 5.73. The van der Waals surface area contributed by atoms with Crippen molar-refractivity contribution in [1.29, 1.82) is 0 Å². The highest BCUT2D eigenvalue weighted by Gasteiger charge is 2.28. The average Bonchev–Trinajstić information content (AvgIpc) is 2.52. The first-order valence-corrected chi connectivity index (χ1v) is 7.66. The molecular weight excluding hydrogens is 272 g/mol. The summed E-state index contributed by atoms with van der Waals surface area (Å²) in [5.41, 5.74) is 6.20. The van der Waals surface area contributed by atoms with Gasteiger partial charge in [-0.15, -0.1) is 0 Å². The highest BCUT2D eigenvalue weighted by atomic mass is 19.2. The van der Waals surface area contributed by atoms with E-state index in [1.165, 1.54) is 0 Å². The van der Waals surface area contributed by atoms with Gasteiger partial charge in [0.05, 0.1) is 0 Å². The Bertz CT molecular complexity index is 459. The third-order valence-electron chi connectivity index (χ3n) is 4.64. The molecule has 5 heteroatoms. The number of nitrogens with zero attached hydrogens (tertiary/aromatic N) is 2. The topological polar surface area (TPSA) is 32.5 Å². The molecule has 0 saturated carbocycles. The van der Waals surface area contributed by atoms with Gasteiger partial charge in [0.2, 0.25) is 0 Å². The molecule has 1 aliphatic heterocycles. The predicted molar refractivity (Wildman–Crippen MR) is 81.1 cm³/mol. The maximum Gasteiger partial charge on any atom is 0.163 e. The van der Waals surface area contributed by atoms with Gasteiger partial charge in [0.1, 0.15) is 0 Å². The number of nitrogens with two attached hydrogens (primary N) is 1. The Morgan fingerprint density at radius 1 is 1.33 bits per heavy atom. The van der Waals surface area contributed by atoms with Crippen molar-refractivity contribution in [2.45, 2.75) is 31.8 Å². The van der Waals surface area contributed by atoms with Crippen molar-refractivity contribution in [2.75, 3.05) is 33.2 Å². The summed E-state index contributed by atoms with van der Waals surface area (Å²) in [7, 11) is 1.97. The summed E-state index contributed by atoms with van der Waals surface area (Å²) in [6.45, 7) is 5.61. The minimum atomic E-state index is -0.805. The zero-order valence-corrected chi connectivity index (χ0v) is 12.9. The molecule has 1 fully saturated rings. The molecule has 1 aromatic carbocycles. The highest BCUT2D eigenvalue weighted by Crippen LogP contribution is 2.27. The Morgan fingerprint density at radius 3 is 2.57 bits per heavy atom. The molecule has 1 unspecified atom stereocenters. The van der Waals surface area contributed by atoms with Gasteiger partial charge in [-0.25, -0.2) is 8.78 Å². The summed E-state index contributed by atoms with van der Waals surface area (Å²) < 4.78 is 27.5. The summed E-state index contributed by atoms with van der Waals surface area (Å²) in [5.74, 6) is -1.58. The Labute approximate surface area is 125 Å². The summed E-state index contributed by atoms with van der Waals surface area (Å²) >= 11 is 0. The van der Waals surface area contributed by atoms with Crippen molar-refractivity contribution >= 4 is 0 Å². The second-order valence-electron chi connectivity index (χ2n) is 5.73. The van der Waals surface area contributed by atoms with Crippen LogP contribution >= 0.6 is 0 Å². The lowest BCUT2D eigenvalue weighted by Gasteiger charge is -2.40. The first-order valence-electron chi connectivity index (χ1n) is 7.66. The van der Waals surface area contributed by atoms with E-state index in [9.17, 15) is 8.78 Å². The third-order valence-corrected chi connectivity index (χ3v) is 4.64. The zero-order valence-electron chi connectivity index (χ0n) is 12.9. The molecule has 1 aliphatic rings. The molecule has 1 aromatic rings. The summed E-state index contributed by atoms with van der Waals surface area (Å²) in [6.07, 6.45) is 2.08. The van der Waals surface area contributed by atoms with Crippen molar-refractivity contribution in [1.82, 2.24) is 9.80 Å². The van der Waals surface area contributed by atoms with Crippen molar-refractivity contribution < 1.29 is 8.78 Å². The zero-order chi connectivity index (χ0) is 15.4. The van der Waals surface area contributed by atoms with Crippen LogP contribution in [0.2, 0.25) is 0 Å². The Hall–Kier alpha value is -1.04. The Balaban J connectivity index is 2.12. The molecule has 1 saturated heterocycles. The van der Waals surface area contributed by atoms with Crippen LogP contribution in [0.4, 0.5) is 8.78 Å². The van der Waals surface area contributed by atoms with E-state index in [1.807, 2.05) is 7.05 Å². The van der Waals surface area contributed by atoms with E-state index in [2.05, 4.69) is 16.7 Å². The number of hydrogen-bond acceptors (Lipinski definition) is 3. The van der Waals surface area contributed by atoms with Crippen molar-refractivity contribution in [3.05, 3.63) is 35.4 Å². The van der Waals surface area contributed by atoms with Gasteiger partial charge in [-0.3, -0.25) is 4.90 Å². The molecule has 0 bridgehead atoms. The van der Waals surface area contributed by atoms with Gasteiger partial charge in [-0.05, 0) is 45.6 Å². The Morgan fingerprint density at radius 2 is 2.00 bits per heavy atom. The molecule has 1 atom stereocenters. The molecule has 3 nitrogen and oxygen atoms in total. The van der Waals surface area contributed by atoms with Crippen LogP contribution in [-0.4, -0.2) is 49.1 Å². The van der Waals surface area contributed by atoms with Gasteiger partial charge in [-0.1, -0.05) is 19.1 Å². The van der Waals surface area contributed by atoms with E-state index < -0.39 is 11.6 Å². The van der Waals surface area contributed by atoms with Gasteiger partial charge in [0.15, 0.2) is 11.6 Å². The van der Waals surface area contributed by atoms with E-state index in [4.69, 9.17) is 5.73 Å². The number of likely N-dealkylation sites (tertiary alicyclic amines) is 1. The molecule has 2 rings (SSSR count). The van der Waals surface area contributed by atoms with E-state index in [0.29, 0.717) is 11.6 Å². The molecule has 0 aromatic heterocycles. The van der Waals surface area contributed by atoms with Gasteiger partial charge < -0.3 is 10.6 Å². The molecule has 21 heavy (non-hydrogen) atoms. The monoisotopic (exact) mass is 297 g/mol. The van der Waals surface area contributed by atoms with Gasteiger partial charge >= 0.3 is 0 Å². The van der Waals surface area contributed by atoms with Crippen molar-refractivity contribution in [3.63, 3.8) is 0 Å². The van der Waals surface area contributed by atoms with Crippen LogP contribution in [0.5, 0.6) is 0 Å². The summed E-state index contributed by atoms with van der Waals surface area (Å²) in [6, 6.07) is 4.41. The van der Waals surface area contributed by atoms with Crippen LogP contribution < -0.4 is 5.73 Å². The van der Waals surface area contributed by atoms with Gasteiger partial charge in [-0.2, -0.15) is 0 Å². The molecule has 0 aliphatic carbocycles. The van der Waals surface area contributed by atoms with Gasteiger partial charge in [0.25, 0.3) is 0 Å². The van der Waals surface area contributed by atoms with Crippen LogP contribution in [0.1, 0.15) is 31.4 Å². The van der Waals surface area contributed by atoms with E-state index in [0.717, 1.165) is 38.5 Å². The highest BCUT2D eigenvalue weighted by molar-refractivity contribution is 5.23. The predicted octanol–water partition coefficient (Wildman–Crippen LogP) is 2.38. The van der Waals surface area contributed by atoms with E-state index in [1.54, 1.807) is 12.1 Å². The molecule has 0 amide bonds. The smallest absolute Gasteiger partial charge is 0.163 e. The first kappa shape index (κ1) is 16.3. The minimum absolute atomic E-state index is 0.279. The quantitative estimate of drug-likeness (QED) is 0.906. The fourth-order valence-corrected chi connectivity index (χ4v) is 3.19. The van der Waals surface area contributed by atoms with E-state index >= 15 is 0 Å². The number of likely N-dealkylation sites (N-methyl/N-ethyl adjacent to an activating group) is 1. The number of piperidine rings is 1. The molecular formula is C16H25F2N3. The molecule has 0 spiro atoms. The third kappa shape index (κ3) is 3.59. The SMILES string of the molecule is CCN1CCC(N(C)C(CN)c2cccc(F)c2F)CC1. The summed E-state index contributed by atoms with van der Waals surface area (Å²) in [5, 5.41) is 0. The van der Waals surface area contributed by atoms with Crippen LogP contribution in [0.15, 0.2) is 18.2 Å². The number of halogens is 2. The summed E-state index contributed by atoms with van der Waals surface area (Å²) in [4.78, 5) is 4.52. The van der Waals surface area contributed by atoms with E-state index in [-0.39, 0.29) is 12.6 Å². The number of hydrogen-bond donors (Lipinski definition) is 1. The van der Waals surface area contributed by atoms with Gasteiger partial charge in [0, 0.05) is 24.2 Å². The maximum atomic E-state index is 14.0. The largest absolute Gasteiger partial charge is 0.329 e. The molecule has 0 radical (unpaired) electrons. The van der Waals surface area contributed by atoms with Crippen LogP contribution in [0.25, 0.3) is 0 Å². The lowest BCUT2D eigenvalue weighted by Crippen LogP contribution is -2.46. The second kappa shape index (κ2) is 7.29. The first-order chi connectivity index (χ1) is 10.1. The average molecular weight is 297 g/mol. The van der Waals surface area contributed by atoms with Crippen LogP contribution in [0.3, 0.4) is 0 Å². The lowest BCUT2D eigenvalue weighted by molar-refractivity contribution is 0.0991. The molecule has 2 N–H and O–H groups in total. The normalized spacial score (nSPS) is 19.1. The minimum Gasteiger partial charge on any atom is -0.329 e. The standard InChI is InChI=1S/C16H25F2N3/c1-3-21-9-7-12(8-10-21)20(2)15(11-19)13-5-4-6-14(17)16(13)18/h4-6,12,15H,3,7-11,19H2,1-2H3. The Kier molecular flexibility index (Phi) is 5.67. The van der Waals surface area contributed by atoms with Crippen molar-refractivity contribution in [3.8, 4) is 0 Å². The maximum absolute atomic E-state index is 14.0. The number of benzene rings is 1. The number of rotatable bonds is 5. The van der Waals surface area contributed by atoms with Crippen LogP contribution in [-0.2, 0) is 0 Å². The van der Waals surface area contributed by atoms with Crippen molar-refractivity contribution in [2.24, 2.45) is 5.73 Å². The lowest BCUT2D eigenvalue weighted by atomic mass is 9.98.